The third-order valence-corrected chi connectivity index (χ3v) is 7.44. The van der Waals surface area contributed by atoms with Crippen LogP contribution in [0.5, 0.6) is 5.75 Å². The van der Waals surface area contributed by atoms with E-state index >= 15 is 0 Å². The van der Waals surface area contributed by atoms with Gasteiger partial charge in [-0.25, -0.2) is 14.6 Å². The number of halogens is 3. The maximum atomic E-state index is 13.9. The van der Waals surface area contributed by atoms with E-state index in [0.29, 0.717) is 49.4 Å². The van der Waals surface area contributed by atoms with Gasteiger partial charge in [-0.1, -0.05) is 12.1 Å². The van der Waals surface area contributed by atoms with Crippen LogP contribution in [0.25, 0.3) is 0 Å². The number of amides is 1. The van der Waals surface area contributed by atoms with E-state index in [1.807, 2.05) is 17.3 Å². The summed E-state index contributed by atoms with van der Waals surface area (Å²) in [5.41, 5.74) is -1.30. The molecule has 1 aliphatic heterocycles. The van der Waals surface area contributed by atoms with Crippen molar-refractivity contribution in [3.8, 4) is 5.75 Å². The minimum absolute atomic E-state index is 0.0564. The Bertz CT molecular complexity index is 1450. The number of anilines is 2. The second-order valence-electron chi connectivity index (χ2n) is 10.8. The Morgan fingerprint density at radius 1 is 1.07 bits per heavy atom. The van der Waals surface area contributed by atoms with Crippen molar-refractivity contribution in [1.82, 2.24) is 24.6 Å². The van der Waals surface area contributed by atoms with E-state index in [4.69, 9.17) is 9.47 Å². The van der Waals surface area contributed by atoms with Crippen molar-refractivity contribution < 1.29 is 27.4 Å². The van der Waals surface area contributed by atoms with Crippen molar-refractivity contribution in [3.63, 3.8) is 0 Å². The first kappa shape index (κ1) is 30.3. The van der Waals surface area contributed by atoms with Gasteiger partial charge in [-0.2, -0.15) is 18.3 Å². The van der Waals surface area contributed by atoms with Crippen LogP contribution in [0, 0.1) is 0 Å². The molecule has 1 amide bonds. The van der Waals surface area contributed by atoms with Crippen LogP contribution in [0.15, 0.2) is 47.7 Å². The number of benzene rings is 1. The molecule has 0 unspecified atom stereocenters. The molecular weight excluding hydrogens is 567 g/mol. The average molecular weight is 602 g/mol. The summed E-state index contributed by atoms with van der Waals surface area (Å²) in [6.07, 6.45) is 2.20. The maximum Gasteiger partial charge on any atom is 0.423 e. The molecule has 5 rings (SSSR count). The first-order chi connectivity index (χ1) is 20.6. The lowest BCUT2D eigenvalue weighted by Crippen LogP contribution is -2.50. The van der Waals surface area contributed by atoms with Crippen molar-refractivity contribution in [2.45, 2.75) is 44.4 Å². The lowest BCUT2D eigenvalue weighted by molar-refractivity contribution is -0.138. The Kier molecular flexibility index (Phi) is 9.14. The lowest BCUT2D eigenvalue weighted by Gasteiger charge is -2.34. The molecule has 2 aliphatic rings. The largest absolute Gasteiger partial charge is 0.497 e. The van der Waals surface area contributed by atoms with Gasteiger partial charge in [-0.05, 0) is 48.9 Å². The number of piperazine rings is 1. The zero-order valence-electron chi connectivity index (χ0n) is 24.0. The first-order valence-corrected chi connectivity index (χ1v) is 14.1. The lowest BCUT2D eigenvalue weighted by atomic mass is 10.2. The van der Waals surface area contributed by atoms with E-state index in [2.05, 4.69) is 20.4 Å². The Morgan fingerprint density at radius 2 is 1.74 bits per heavy atom. The molecule has 1 saturated heterocycles. The number of nitrogens with one attached hydrogen (secondary N) is 1. The van der Waals surface area contributed by atoms with Gasteiger partial charge in [0.2, 0.25) is 11.9 Å². The summed E-state index contributed by atoms with van der Waals surface area (Å²) in [7, 11) is 1.50. The molecule has 3 aromatic rings. The molecular formula is C29H34F3N7O4. The summed E-state index contributed by atoms with van der Waals surface area (Å²) < 4.78 is 53.2. The SMILES string of the molecule is COc1ccc(Cn2ncc(N[C@@H](C)COCC(=O)N3CCN(c4ncc(C5CC5)cn4)CC3)c(C(F)(F)F)c2=O)cc1. The Labute approximate surface area is 246 Å². The standard InChI is InChI=1S/C29H34F3N7O4/c1-19(17-43-18-25(40)37-9-11-38(12-10-37)28-33-13-22(14-34-28)21-5-6-21)36-24-15-35-39(27(41)26(24)29(30,31)32)16-20-3-7-23(42-2)8-4-20/h3-4,7-8,13-15,19,21,36H,5-6,9-12,16-18H2,1-2H3/t19-/m0/s1. The van der Waals surface area contributed by atoms with Crippen LogP contribution in [0.3, 0.4) is 0 Å². The predicted octanol–water partition coefficient (Wildman–Crippen LogP) is 3.15. The molecule has 1 N–H and O–H groups in total. The van der Waals surface area contributed by atoms with E-state index in [-0.39, 0.29) is 25.7 Å². The molecule has 0 bridgehead atoms. The molecule has 1 aliphatic carbocycles. The number of alkyl halides is 3. The van der Waals surface area contributed by atoms with E-state index in [1.165, 1.54) is 25.5 Å². The summed E-state index contributed by atoms with van der Waals surface area (Å²) in [5, 5.41) is 6.62. The van der Waals surface area contributed by atoms with Crippen molar-refractivity contribution in [3.05, 3.63) is 69.9 Å². The second-order valence-corrected chi connectivity index (χ2v) is 10.8. The van der Waals surface area contributed by atoms with Crippen LogP contribution < -0.4 is 20.5 Å². The highest BCUT2D eigenvalue weighted by Crippen LogP contribution is 2.39. The van der Waals surface area contributed by atoms with Crippen LogP contribution in [0.1, 0.15) is 42.4 Å². The van der Waals surface area contributed by atoms with Gasteiger partial charge in [0.05, 0.1) is 32.1 Å². The van der Waals surface area contributed by atoms with Crippen LogP contribution >= 0.6 is 0 Å². The normalized spacial score (nSPS) is 16.2. The van der Waals surface area contributed by atoms with Gasteiger partial charge in [0.15, 0.2) is 0 Å². The fourth-order valence-electron chi connectivity index (χ4n) is 4.89. The zero-order valence-corrected chi connectivity index (χ0v) is 24.0. The zero-order chi connectivity index (χ0) is 30.6. The average Bonchev–Trinajstić information content (AvgIpc) is 3.84. The van der Waals surface area contributed by atoms with Crippen LogP contribution in [-0.4, -0.2) is 83.1 Å². The van der Waals surface area contributed by atoms with Crippen LogP contribution in [0.4, 0.5) is 24.8 Å². The summed E-state index contributed by atoms with van der Waals surface area (Å²) in [5.74, 6) is 1.61. The van der Waals surface area contributed by atoms with E-state index in [9.17, 15) is 22.8 Å². The molecule has 0 spiro atoms. The third kappa shape index (κ3) is 7.61. The molecule has 0 radical (unpaired) electrons. The monoisotopic (exact) mass is 601 g/mol. The smallest absolute Gasteiger partial charge is 0.423 e. The molecule has 230 valence electrons. The highest BCUT2D eigenvalue weighted by molar-refractivity contribution is 5.77. The maximum absolute atomic E-state index is 13.9. The van der Waals surface area contributed by atoms with Gasteiger partial charge in [-0.3, -0.25) is 9.59 Å². The van der Waals surface area contributed by atoms with Crippen molar-refractivity contribution in [1.29, 1.82) is 0 Å². The molecule has 3 heterocycles. The minimum atomic E-state index is -4.91. The quantitative estimate of drug-likeness (QED) is 0.354. The van der Waals surface area contributed by atoms with Gasteiger partial charge >= 0.3 is 6.18 Å². The van der Waals surface area contributed by atoms with Gasteiger partial charge in [0, 0.05) is 44.6 Å². The molecule has 1 aromatic carbocycles. The second kappa shape index (κ2) is 13.0. The Morgan fingerprint density at radius 3 is 2.35 bits per heavy atom. The Hall–Kier alpha value is -4.20. The summed E-state index contributed by atoms with van der Waals surface area (Å²) in [4.78, 5) is 38.1. The fraction of sp³-hybridized carbons (Fsp3) is 0.483. The third-order valence-electron chi connectivity index (χ3n) is 7.44. The Balaban J connectivity index is 1.11. The molecule has 11 nitrogen and oxygen atoms in total. The van der Waals surface area contributed by atoms with Crippen molar-refractivity contribution in [2.75, 3.05) is 56.7 Å². The summed E-state index contributed by atoms with van der Waals surface area (Å²) in [6.45, 7) is 3.33. The number of methoxy groups -OCH3 is 1. The van der Waals surface area contributed by atoms with E-state index in [1.54, 1.807) is 36.1 Å². The van der Waals surface area contributed by atoms with Gasteiger partial charge in [-0.15, -0.1) is 0 Å². The van der Waals surface area contributed by atoms with Gasteiger partial charge < -0.3 is 24.6 Å². The van der Waals surface area contributed by atoms with Gasteiger partial charge in [0.25, 0.3) is 5.56 Å². The number of carbonyl (C=O) groups is 1. The highest BCUT2D eigenvalue weighted by Gasteiger charge is 2.38. The highest BCUT2D eigenvalue weighted by atomic mass is 19.4. The number of carbonyl (C=O) groups excluding carboxylic acids is 1. The van der Waals surface area contributed by atoms with E-state index < -0.39 is 29.0 Å². The molecule has 2 fully saturated rings. The number of hydrogen-bond donors (Lipinski definition) is 1. The molecule has 14 heteroatoms. The topological polar surface area (TPSA) is 115 Å². The summed E-state index contributed by atoms with van der Waals surface area (Å²) in [6, 6.07) is 5.96. The number of ether oxygens (including phenoxy) is 2. The van der Waals surface area contributed by atoms with Crippen molar-refractivity contribution >= 4 is 17.5 Å². The van der Waals surface area contributed by atoms with Crippen LogP contribution in [-0.2, 0) is 22.3 Å². The minimum Gasteiger partial charge on any atom is -0.497 e. The molecule has 1 atom stereocenters. The molecule has 2 aromatic heterocycles. The number of hydrogen-bond acceptors (Lipinski definition) is 9. The number of aromatic nitrogens is 4. The molecule has 43 heavy (non-hydrogen) atoms. The number of rotatable bonds is 11. The number of nitrogens with zero attached hydrogens (tertiary/aromatic N) is 6. The fourth-order valence-corrected chi connectivity index (χ4v) is 4.89. The predicted molar refractivity (Wildman–Crippen MR) is 152 cm³/mol. The summed E-state index contributed by atoms with van der Waals surface area (Å²) >= 11 is 0. The van der Waals surface area contributed by atoms with Gasteiger partial charge in [0.1, 0.15) is 17.9 Å². The molecule has 1 saturated carbocycles. The van der Waals surface area contributed by atoms with E-state index in [0.717, 1.165) is 10.9 Å². The van der Waals surface area contributed by atoms with Crippen molar-refractivity contribution in [2.24, 2.45) is 0 Å². The first-order valence-electron chi connectivity index (χ1n) is 14.1. The van der Waals surface area contributed by atoms with Crippen LogP contribution in [0.2, 0.25) is 0 Å².